The molecule has 1 aliphatic heterocycles. The van der Waals surface area contributed by atoms with Crippen molar-refractivity contribution in [3.8, 4) is 5.75 Å². The molecular weight excluding hydrogens is 224 g/mol. The van der Waals surface area contributed by atoms with Crippen molar-refractivity contribution in [1.29, 1.82) is 0 Å². The monoisotopic (exact) mass is 244 g/mol. The Bertz CT molecular complexity index is 521. The van der Waals surface area contributed by atoms with Gasteiger partial charge in [0.25, 0.3) is 0 Å². The first-order valence-corrected chi connectivity index (χ1v) is 6.85. The molecule has 0 fully saturated rings. The SMILES string of the molecule is CC(C)(C)c1cc2c(c3c1OC(=O)C3)CCCC2. The second-order valence-corrected chi connectivity index (χ2v) is 6.48. The summed E-state index contributed by atoms with van der Waals surface area (Å²) in [5, 5.41) is 0. The molecule has 0 aromatic heterocycles. The summed E-state index contributed by atoms with van der Waals surface area (Å²) in [6, 6.07) is 2.28. The first-order chi connectivity index (χ1) is 8.47. The normalized spacial score (nSPS) is 18.3. The number of ether oxygens (including phenoxy) is 1. The van der Waals surface area contributed by atoms with E-state index in [0.29, 0.717) is 6.42 Å². The van der Waals surface area contributed by atoms with Crippen molar-refractivity contribution < 1.29 is 9.53 Å². The predicted molar refractivity (Wildman–Crippen MR) is 71.1 cm³/mol. The van der Waals surface area contributed by atoms with Crippen LogP contribution in [0.5, 0.6) is 5.75 Å². The van der Waals surface area contributed by atoms with Gasteiger partial charge in [-0.3, -0.25) is 4.79 Å². The fourth-order valence-electron chi connectivity index (χ4n) is 3.13. The van der Waals surface area contributed by atoms with Crippen LogP contribution in [-0.4, -0.2) is 5.97 Å². The molecule has 1 aliphatic carbocycles. The predicted octanol–water partition coefficient (Wildman–Crippen LogP) is 3.32. The Labute approximate surface area is 108 Å². The Morgan fingerprint density at radius 1 is 1.11 bits per heavy atom. The van der Waals surface area contributed by atoms with E-state index in [0.717, 1.165) is 18.6 Å². The van der Waals surface area contributed by atoms with E-state index in [9.17, 15) is 4.79 Å². The molecule has 0 unspecified atom stereocenters. The molecule has 0 saturated heterocycles. The number of rotatable bonds is 0. The lowest BCUT2D eigenvalue weighted by Crippen LogP contribution is -2.16. The zero-order valence-electron chi connectivity index (χ0n) is 11.4. The van der Waals surface area contributed by atoms with Crippen LogP contribution in [0.15, 0.2) is 6.07 Å². The van der Waals surface area contributed by atoms with Crippen LogP contribution in [0.25, 0.3) is 0 Å². The van der Waals surface area contributed by atoms with Crippen molar-refractivity contribution >= 4 is 5.97 Å². The number of esters is 1. The molecule has 1 aromatic rings. The average Bonchev–Trinajstić information content (AvgIpc) is 2.68. The van der Waals surface area contributed by atoms with Crippen molar-refractivity contribution in [1.82, 2.24) is 0 Å². The van der Waals surface area contributed by atoms with Crippen molar-refractivity contribution in [2.75, 3.05) is 0 Å². The third kappa shape index (κ3) is 1.75. The van der Waals surface area contributed by atoms with Gasteiger partial charge in [0.2, 0.25) is 0 Å². The lowest BCUT2D eigenvalue weighted by Gasteiger charge is -2.26. The highest BCUT2D eigenvalue weighted by Crippen LogP contribution is 2.42. The van der Waals surface area contributed by atoms with Crippen LogP contribution in [0.2, 0.25) is 0 Å². The van der Waals surface area contributed by atoms with Gasteiger partial charge in [0.15, 0.2) is 0 Å². The molecule has 3 rings (SSSR count). The smallest absolute Gasteiger partial charge is 0.315 e. The number of hydrogen-bond acceptors (Lipinski definition) is 2. The van der Waals surface area contributed by atoms with Gasteiger partial charge < -0.3 is 4.74 Å². The first-order valence-electron chi connectivity index (χ1n) is 6.85. The van der Waals surface area contributed by atoms with Gasteiger partial charge >= 0.3 is 5.97 Å². The van der Waals surface area contributed by atoms with Gasteiger partial charge in [-0.15, -0.1) is 0 Å². The minimum Gasteiger partial charge on any atom is -0.426 e. The summed E-state index contributed by atoms with van der Waals surface area (Å²) >= 11 is 0. The average molecular weight is 244 g/mol. The van der Waals surface area contributed by atoms with Gasteiger partial charge in [-0.05, 0) is 42.2 Å². The van der Waals surface area contributed by atoms with Crippen LogP contribution in [-0.2, 0) is 29.5 Å². The number of aryl methyl sites for hydroxylation is 1. The maximum Gasteiger partial charge on any atom is 0.315 e. The summed E-state index contributed by atoms with van der Waals surface area (Å²) < 4.78 is 5.49. The van der Waals surface area contributed by atoms with Crippen LogP contribution >= 0.6 is 0 Å². The zero-order chi connectivity index (χ0) is 12.9. The van der Waals surface area contributed by atoms with E-state index < -0.39 is 0 Å². The molecule has 0 radical (unpaired) electrons. The summed E-state index contributed by atoms with van der Waals surface area (Å²) in [4.78, 5) is 11.6. The minimum atomic E-state index is -0.0885. The highest BCUT2D eigenvalue weighted by atomic mass is 16.5. The van der Waals surface area contributed by atoms with Gasteiger partial charge in [0.1, 0.15) is 5.75 Å². The summed E-state index contributed by atoms with van der Waals surface area (Å²) in [6.07, 6.45) is 5.24. The Morgan fingerprint density at radius 3 is 2.56 bits per heavy atom. The van der Waals surface area contributed by atoms with Gasteiger partial charge in [-0.2, -0.15) is 0 Å². The van der Waals surface area contributed by atoms with E-state index in [2.05, 4.69) is 26.8 Å². The quantitative estimate of drug-likeness (QED) is 0.517. The van der Waals surface area contributed by atoms with Gasteiger partial charge in [-0.1, -0.05) is 26.8 Å². The molecule has 1 heterocycles. The summed E-state index contributed by atoms with van der Waals surface area (Å²) in [5.41, 5.74) is 5.26. The molecule has 0 spiro atoms. The van der Waals surface area contributed by atoms with Gasteiger partial charge in [0, 0.05) is 11.1 Å². The van der Waals surface area contributed by atoms with E-state index in [-0.39, 0.29) is 11.4 Å². The Balaban J connectivity index is 2.24. The maximum atomic E-state index is 11.6. The highest BCUT2D eigenvalue weighted by Gasteiger charge is 2.32. The first kappa shape index (κ1) is 11.8. The molecule has 18 heavy (non-hydrogen) atoms. The highest BCUT2D eigenvalue weighted by molar-refractivity contribution is 5.83. The van der Waals surface area contributed by atoms with Crippen LogP contribution in [0.4, 0.5) is 0 Å². The summed E-state index contributed by atoms with van der Waals surface area (Å²) in [6.45, 7) is 6.55. The molecule has 2 heteroatoms. The molecule has 2 aliphatic rings. The fourth-order valence-corrected chi connectivity index (χ4v) is 3.13. The van der Waals surface area contributed by atoms with Crippen LogP contribution in [0, 0.1) is 0 Å². The van der Waals surface area contributed by atoms with Crippen LogP contribution in [0.3, 0.4) is 0 Å². The summed E-state index contributed by atoms with van der Waals surface area (Å²) in [7, 11) is 0. The molecular formula is C16H20O2. The molecule has 0 atom stereocenters. The van der Waals surface area contributed by atoms with Crippen LogP contribution in [0.1, 0.15) is 55.9 Å². The Hall–Kier alpha value is -1.31. The standard InChI is InChI=1S/C16H20O2/c1-16(2,3)13-8-10-6-4-5-7-11(10)12-9-14(17)18-15(12)13/h8H,4-7,9H2,1-3H3. The maximum absolute atomic E-state index is 11.6. The van der Waals surface area contributed by atoms with Crippen LogP contribution < -0.4 is 4.74 Å². The Morgan fingerprint density at radius 2 is 1.83 bits per heavy atom. The van der Waals surface area contributed by atoms with E-state index in [1.165, 1.54) is 35.1 Å². The lowest BCUT2D eigenvalue weighted by molar-refractivity contribution is -0.131. The number of carbonyl (C=O) groups excluding carboxylic acids is 1. The molecule has 0 saturated carbocycles. The fraction of sp³-hybridized carbons (Fsp3) is 0.562. The van der Waals surface area contributed by atoms with Gasteiger partial charge in [-0.25, -0.2) is 0 Å². The molecule has 0 N–H and O–H groups in total. The number of benzene rings is 1. The Kier molecular flexibility index (Phi) is 2.51. The molecule has 96 valence electrons. The topological polar surface area (TPSA) is 26.3 Å². The molecule has 0 bridgehead atoms. The van der Waals surface area contributed by atoms with E-state index in [4.69, 9.17) is 4.74 Å². The molecule has 2 nitrogen and oxygen atoms in total. The van der Waals surface area contributed by atoms with Crippen molar-refractivity contribution in [2.45, 2.75) is 58.3 Å². The van der Waals surface area contributed by atoms with E-state index >= 15 is 0 Å². The third-order valence-electron chi connectivity index (χ3n) is 4.06. The summed E-state index contributed by atoms with van der Waals surface area (Å²) in [5.74, 6) is 0.780. The zero-order valence-corrected chi connectivity index (χ0v) is 11.4. The van der Waals surface area contributed by atoms with E-state index in [1.807, 2.05) is 0 Å². The third-order valence-corrected chi connectivity index (χ3v) is 4.06. The molecule has 0 amide bonds. The number of carbonyl (C=O) groups is 1. The number of fused-ring (bicyclic) bond motifs is 3. The van der Waals surface area contributed by atoms with Crippen molar-refractivity contribution in [3.05, 3.63) is 28.3 Å². The lowest BCUT2D eigenvalue weighted by atomic mass is 9.79. The molecule has 1 aromatic carbocycles. The van der Waals surface area contributed by atoms with Crippen molar-refractivity contribution in [2.24, 2.45) is 0 Å². The van der Waals surface area contributed by atoms with E-state index in [1.54, 1.807) is 0 Å². The largest absolute Gasteiger partial charge is 0.426 e. The second kappa shape index (κ2) is 3.84. The second-order valence-electron chi connectivity index (χ2n) is 6.48. The van der Waals surface area contributed by atoms with Crippen molar-refractivity contribution in [3.63, 3.8) is 0 Å². The van der Waals surface area contributed by atoms with Gasteiger partial charge in [0.05, 0.1) is 6.42 Å². The minimum absolute atomic E-state index is 0.0289. The number of hydrogen-bond donors (Lipinski definition) is 0.